The smallest absolute Gasteiger partial charge is 0.240 e. The predicted molar refractivity (Wildman–Crippen MR) is 119 cm³/mol. The lowest BCUT2D eigenvalue weighted by atomic mass is 9.96. The molecule has 1 amide bonds. The summed E-state index contributed by atoms with van der Waals surface area (Å²) in [4.78, 5) is 31.3. The number of aromatic nitrogens is 3. The van der Waals surface area contributed by atoms with Gasteiger partial charge in [-0.05, 0) is 57.9 Å². The van der Waals surface area contributed by atoms with Crippen LogP contribution in [-0.4, -0.2) is 58.5 Å². The van der Waals surface area contributed by atoms with Gasteiger partial charge in [-0.3, -0.25) is 9.69 Å². The van der Waals surface area contributed by atoms with Crippen LogP contribution in [-0.2, 0) is 11.2 Å². The summed E-state index contributed by atoms with van der Waals surface area (Å²) in [6.45, 7) is 6.59. The second-order valence-corrected chi connectivity index (χ2v) is 9.82. The van der Waals surface area contributed by atoms with E-state index in [-0.39, 0.29) is 5.91 Å². The Bertz CT molecular complexity index is 897. The van der Waals surface area contributed by atoms with Gasteiger partial charge in [0.1, 0.15) is 11.6 Å². The van der Waals surface area contributed by atoms with Crippen molar-refractivity contribution >= 4 is 28.2 Å². The zero-order valence-electron chi connectivity index (χ0n) is 17.6. The SMILES string of the molecule is Cc1nc(C2CCCN(CC(=O)Nc3nccs3)C2)nc2c1CCCN2CC1CC1. The highest BCUT2D eigenvalue weighted by atomic mass is 32.1. The molecule has 5 rings (SSSR count). The van der Waals surface area contributed by atoms with Gasteiger partial charge in [-0.15, -0.1) is 11.3 Å². The Morgan fingerprint density at radius 3 is 2.93 bits per heavy atom. The molecular weight excluding hydrogens is 396 g/mol. The average molecular weight is 427 g/mol. The van der Waals surface area contributed by atoms with E-state index in [4.69, 9.17) is 9.97 Å². The van der Waals surface area contributed by atoms with Crippen molar-refractivity contribution in [3.63, 3.8) is 0 Å². The van der Waals surface area contributed by atoms with E-state index in [1.54, 1.807) is 6.20 Å². The fourth-order valence-corrected chi connectivity index (χ4v) is 5.28. The molecule has 4 heterocycles. The molecule has 2 aromatic heterocycles. The van der Waals surface area contributed by atoms with Crippen LogP contribution < -0.4 is 10.2 Å². The molecular formula is C22H30N6OS. The van der Waals surface area contributed by atoms with Crippen molar-refractivity contribution in [2.75, 3.05) is 42.9 Å². The number of piperidine rings is 1. The Morgan fingerprint density at radius 2 is 2.13 bits per heavy atom. The quantitative estimate of drug-likeness (QED) is 0.765. The molecule has 160 valence electrons. The highest BCUT2D eigenvalue weighted by Crippen LogP contribution is 2.36. The number of thiazole rings is 1. The summed E-state index contributed by atoms with van der Waals surface area (Å²) in [5.74, 6) is 3.31. The van der Waals surface area contributed by atoms with Gasteiger partial charge in [-0.25, -0.2) is 15.0 Å². The summed E-state index contributed by atoms with van der Waals surface area (Å²) in [7, 11) is 0. The number of carbonyl (C=O) groups excluding carboxylic acids is 1. The van der Waals surface area contributed by atoms with Crippen molar-refractivity contribution < 1.29 is 4.79 Å². The summed E-state index contributed by atoms with van der Waals surface area (Å²) >= 11 is 1.45. The zero-order valence-corrected chi connectivity index (χ0v) is 18.5. The van der Waals surface area contributed by atoms with Crippen molar-refractivity contribution in [3.05, 3.63) is 28.7 Å². The van der Waals surface area contributed by atoms with E-state index >= 15 is 0 Å². The predicted octanol–water partition coefficient (Wildman–Crippen LogP) is 3.22. The lowest BCUT2D eigenvalue weighted by Crippen LogP contribution is -2.40. The summed E-state index contributed by atoms with van der Waals surface area (Å²) in [5.41, 5.74) is 2.50. The number of hydrogen-bond donors (Lipinski definition) is 1. The van der Waals surface area contributed by atoms with Crippen LogP contribution in [0.1, 0.15) is 55.1 Å². The molecule has 1 saturated carbocycles. The second-order valence-electron chi connectivity index (χ2n) is 8.92. The topological polar surface area (TPSA) is 74.2 Å². The normalized spacial score (nSPS) is 22.0. The number of anilines is 2. The van der Waals surface area contributed by atoms with E-state index in [0.717, 1.165) is 62.9 Å². The Kier molecular flexibility index (Phi) is 5.69. The molecule has 2 aliphatic heterocycles. The third-order valence-electron chi connectivity index (χ3n) is 6.46. The minimum Gasteiger partial charge on any atom is -0.356 e. The van der Waals surface area contributed by atoms with Crippen LogP contribution in [0.15, 0.2) is 11.6 Å². The van der Waals surface area contributed by atoms with Gasteiger partial charge in [0.15, 0.2) is 5.13 Å². The maximum absolute atomic E-state index is 12.4. The van der Waals surface area contributed by atoms with Crippen molar-refractivity contribution in [1.29, 1.82) is 0 Å². The third-order valence-corrected chi connectivity index (χ3v) is 7.14. The van der Waals surface area contributed by atoms with Crippen LogP contribution in [0.4, 0.5) is 10.9 Å². The van der Waals surface area contributed by atoms with Gasteiger partial charge in [-0.2, -0.15) is 0 Å². The molecule has 0 aromatic carbocycles. The minimum absolute atomic E-state index is 0.00347. The number of fused-ring (bicyclic) bond motifs is 1. The first-order valence-corrected chi connectivity index (χ1v) is 12.1. The summed E-state index contributed by atoms with van der Waals surface area (Å²) in [6.07, 6.45) is 8.89. The molecule has 0 spiro atoms. The minimum atomic E-state index is 0.00347. The van der Waals surface area contributed by atoms with Crippen LogP contribution in [0.25, 0.3) is 0 Å². The summed E-state index contributed by atoms with van der Waals surface area (Å²) in [5, 5.41) is 5.43. The zero-order chi connectivity index (χ0) is 20.5. The highest BCUT2D eigenvalue weighted by Gasteiger charge is 2.31. The van der Waals surface area contributed by atoms with Crippen molar-refractivity contribution in [2.24, 2.45) is 5.92 Å². The number of likely N-dealkylation sites (tertiary alicyclic amines) is 1. The first-order chi connectivity index (χ1) is 14.7. The third kappa shape index (κ3) is 4.49. The number of nitrogens with one attached hydrogen (secondary N) is 1. The van der Waals surface area contributed by atoms with Crippen molar-refractivity contribution in [2.45, 2.75) is 51.4 Å². The van der Waals surface area contributed by atoms with Crippen LogP contribution in [0.3, 0.4) is 0 Å². The van der Waals surface area contributed by atoms with Crippen LogP contribution in [0.5, 0.6) is 0 Å². The number of carbonyl (C=O) groups is 1. The average Bonchev–Trinajstić information content (AvgIpc) is 3.41. The van der Waals surface area contributed by atoms with E-state index in [1.807, 2.05) is 5.38 Å². The van der Waals surface area contributed by atoms with Crippen molar-refractivity contribution in [1.82, 2.24) is 19.9 Å². The van der Waals surface area contributed by atoms with E-state index in [0.29, 0.717) is 17.6 Å². The van der Waals surface area contributed by atoms with E-state index in [1.165, 1.54) is 42.0 Å². The molecule has 2 fully saturated rings. The van der Waals surface area contributed by atoms with Gasteiger partial charge in [0.05, 0.1) is 6.54 Å². The van der Waals surface area contributed by atoms with E-state index in [9.17, 15) is 4.79 Å². The van der Waals surface area contributed by atoms with Gasteiger partial charge in [0.25, 0.3) is 0 Å². The standard InChI is InChI=1S/C22H30N6OS/c1-15-18-5-3-10-28(12-16-6-7-16)21(18)26-20(24-15)17-4-2-9-27(13-17)14-19(29)25-22-23-8-11-30-22/h8,11,16-17H,2-7,9-10,12-14H2,1H3,(H,23,25,29). The van der Waals surface area contributed by atoms with Crippen LogP contribution in [0, 0.1) is 12.8 Å². The van der Waals surface area contributed by atoms with Crippen LogP contribution in [0.2, 0.25) is 0 Å². The second kappa shape index (κ2) is 8.59. The largest absolute Gasteiger partial charge is 0.356 e. The van der Waals surface area contributed by atoms with Gasteiger partial charge in [0, 0.05) is 48.4 Å². The number of nitrogens with zero attached hydrogens (tertiary/aromatic N) is 5. The van der Waals surface area contributed by atoms with Gasteiger partial charge in [0.2, 0.25) is 5.91 Å². The lowest BCUT2D eigenvalue weighted by Gasteiger charge is -2.34. The van der Waals surface area contributed by atoms with Crippen molar-refractivity contribution in [3.8, 4) is 0 Å². The Labute approximate surface area is 181 Å². The molecule has 30 heavy (non-hydrogen) atoms. The Hall–Kier alpha value is -2.06. The maximum Gasteiger partial charge on any atom is 0.240 e. The Morgan fingerprint density at radius 1 is 1.23 bits per heavy atom. The van der Waals surface area contributed by atoms with Crippen LogP contribution >= 0.6 is 11.3 Å². The van der Waals surface area contributed by atoms with E-state index in [2.05, 4.69) is 27.0 Å². The molecule has 1 saturated heterocycles. The monoisotopic (exact) mass is 426 g/mol. The molecule has 7 nitrogen and oxygen atoms in total. The first kappa shape index (κ1) is 19.9. The molecule has 1 atom stereocenters. The summed E-state index contributed by atoms with van der Waals surface area (Å²) in [6, 6.07) is 0. The lowest BCUT2D eigenvalue weighted by molar-refractivity contribution is -0.117. The van der Waals surface area contributed by atoms with Gasteiger partial charge < -0.3 is 10.2 Å². The molecule has 1 N–H and O–H groups in total. The molecule has 8 heteroatoms. The molecule has 1 unspecified atom stereocenters. The van der Waals surface area contributed by atoms with Gasteiger partial charge >= 0.3 is 0 Å². The number of aryl methyl sites for hydroxylation is 1. The molecule has 2 aromatic rings. The Balaban J connectivity index is 1.28. The molecule has 0 bridgehead atoms. The fraction of sp³-hybridized carbons (Fsp3) is 0.636. The fourth-order valence-electron chi connectivity index (χ4n) is 4.74. The first-order valence-electron chi connectivity index (χ1n) is 11.2. The maximum atomic E-state index is 12.4. The van der Waals surface area contributed by atoms with Gasteiger partial charge in [-0.1, -0.05) is 0 Å². The molecule has 3 aliphatic rings. The number of amides is 1. The molecule has 1 aliphatic carbocycles. The number of rotatable bonds is 6. The summed E-state index contributed by atoms with van der Waals surface area (Å²) < 4.78 is 0. The van der Waals surface area contributed by atoms with E-state index < -0.39 is 0 Å². The highest BCUT2D eigenvalue weighted by molar-refractivity contribution is 7.13. The molecule has 0 radical (unpaired) electrons. The number of hydrogen-bond acceptors (Lipinski definition) is 7.